The topological polar surface area (TPSA) is 49.3 Å². The summed E-state index contributed by atoms with van der Waals surface area (Å²) in [4.78, 5) is 11.4. The summed E-state index contributed by atoms with van der Waals surface area (Å²) in [5.41, 5.74) is 1.51. The number of methoxy groups -OCH3 is 1. The lowest BCUT2D eigenvalue weighted by atomic mass is 10.1. The monoisotopic (exact) mass is 522 g/mol. The Bertz CT molecular complexity index is 599. The van der Waals surface area contributed by atoms with Gasteiger partial charge in [0.25, 0.3) is 0 Å². The zero-order valence-electron chi connectivity index (χ0n) is 17.2. The number of aliphatic imine (C=N–C) groups is 1. The van der Waals surface area contributed by atoms with Crippen molar-refractivity contribution in [2.75, 3.05) is 66.2 Å². The van der Waals surface area contributed by atoms with E-state index in [1.807, 2.05) is 11.3 Å². The molecule has 28 heavy (non-hydrogen) atoms. The third kappa shape index (κ3) is 7.12. The predicted molar refractivity (Wildman–Crippen MR) is 127 cm³/mol. The van der Waals surface area contributed by atoms with Gasteiger partial charge in [0.15, 0.2) is 5.96 Å². The lowest BCUT2D eigenvalue weighted by Gasteiger charge is -2.26. The molecule has 1 atom stereocenters. The second-order valence-electron chi connectivity index (χ2n) is 7.30. The number of hydrogen-bond donors (Lipinski definition) is 1. The molecule has 2 aliphatic heterocycles. The Kier molecular flexibility index (Phi) is 11.1. The van der Waals surface area contributed by atoms with E-state index in [9.17, 15) is 0 Å². The summed E-state index contributed by atoms with van der Waals surface area (Å²) < 4.78 is 10.7. The molecule has 1 N–H and O–H groups in total. The molecule has 1 fully saturated rings. The van der Waals surface area contributed by atoms with Gasteiger partial charge in [-0.25, -0.2) is 0 Å². The van der Waals surface area contributed by atoms with E-state index >= 15 is 0 Å². The molecular formula is C20H35IN4O2S. The van der Waals surface area contributed by atoms with Crippen LogP contribution in [0.4, 0.5) is 0 Å². The van der Waals surface area contributed by atoms with Gasteiger partial charge in [0, 0.05) is 57.2 Å². The lowest BCUT2D eigenvalue weighted by molar-refractivity contribution is 0.0536. The van der Waals surface area contributed by atoms with Crippen LogP contribution in [0.5, 0.6) is 0 Å². The molecule has 0 bridgehead atoms. The van der Waals surface area contributed by atoms with Crippen molar-refractivity contribution >= 4 is 41.3 Å². The first-order valence-electron chi connectivity index (χ1n) is 10.2. The summed E-state index contributed by atoms with van der Waals surface area (Å²) in [5, 5.41) is 5.69. The molecule has 160 valence electrons. The fourth-order valence-corrected chi connectivity index (χ4v) is 4.66. The van der Waals surface area contributed by atoms with Gasteiger partial charge in [-0.3, -0.25) is 9.89 Å². The van der Waals surface area contributed by atoms with Crippen LogP contribution in [0.15, 0.2) is 16.4 Å². The number of fused-ring (bicyclic) bond motifs is 1. The molecule has 8 heteroatoms. The van der Waals surface area contributed by atoms with Gasteiger partial charge in [0.05, 0.1) is 26.4 Å². The summed E-state index contributed by atoms with van der Waals surface area (Å²) >= 11 is 1.90. The minimum absolute atomic E-state index is 0. The molecule has 1 saturated heterocycles. The van der Waals surface area contributed by atoms with Gasteiger partial charge in [-0.15, -0.1) is 35.3 Å². The molecule has 0 aromatic carbocycles. The summed E-state index contributed by atoms with van der Waals surface area (Å²) in [5.74, 6) is 1.65. The van der Waals surface area contributed by atoms with E-state index in [-0.39, 0.29) is 24.0 Å². The van der Waals surface area contributed by atoms with Crippen molar-refractivity contribution < 1.29 is 9.47 Å². The molecule has 0 spiro atoms. The van der Waals surface area contributed by atoms with Crippen molar-refractivity contribution in [3.05, 3.63) is 21.9 Å². The van der Waals surface area contributed by atoms with Crippen LogP contribution in [-0.4, -0.2) is 82.0 Å². The average molecular weight is 522 g/mol. The van der Waals surface area contributed by atoms with Gasteiger partial charge >= 0.3 is 0 Å². The van der Waals surface area contributed by atoms with E-state index in [2.05, 4.69) is 33.5 Å². The quantitative estimate of drug-likeness (QED) is 0.234. The molecule has 0 saturated carbocycles. The second-order valence-corrected chi connectivity index (χ2v) is 8.30. The Morgan fingerprint density at radius 1 is 1.36 bits per heavy atom. The number of hydrogen-bond acceptors (Lipinski definition) is 5. The highest BCUT2D eigenvalue weighted by Crippen LogP contribution is 2.23. The first kappa shape index (κ1) is 23.9. The van der Waals surface area contributed by atoms with Crippen LogP contribution in [-0.2, 0) is 22.4 Å². The van der Waals surface area contributed by atoms with Crippen LogP contribution in [0.2, 0.25) is 0 Å². The van der Waals surface area contributed by atoms with Crippen LogP contribution in [0.1, 0.15) is 23.8 Å². The molecule has 3 rings (SSSR count). The minimum Gasteiger partial charge on any atom is -0.382 e. The summed E-state index contributed by atoms with van der Waals surface area (Å²) in [6, 6.07) is 2.28. The van der Waals surface area contributed by atoms with Crippen LogP contribution >= 0.6 is 35.3 Å². The van der Waals surface area contributed by atoms with Crippen molar-refractivity contribution in [3.8, 4) is 0 Å². The third-order valence-electron chi connectivity index (χ3n) is 5.27. The minimum atomic E-state index is 0. The second kappa shape index (κ2) is 13.0. The van der Waals surface area contributed by atoms with Crippen LogP contribution in [0.3, 0.4) is 0 Å². The Morgan fingerprint density at radius 3 is 3.07 bits per heavy atom. The SMILES string of the molecule is CCNC(=NCCN1CCc2sccc2C1)N1CCC(COCCOC)C1.I. The van der Waals surface area contributed by atoms with Crippen LogP contribution in [0.25, 0.3) is 0 Å². The first-order valence-corrected chi connectivity index (χ1v) is 11.1. The predicted octanol–water partition coefficient (Wildman–Crippen LogP) is 2.67. The average Bonchev–Trinajstić information content (AvgIpc) is 3.33. The first-order chi connectivity index (χ1) is 13.3. The van der Waals surface area contributed by atoms with Gasteiger partial charge in [-0.2, -0.15) is 0 Å². The van der Waals surface area contributed by atoms with Gasteiger partial charge in [-0.05, 0) is 36.8 Å². The van der Waals surface area contributed by atoms with E-state index in [1.54, 1.807) is 12.0 Å². The maximum absolute atomic E-state index is 5.71. The van der Waals surface area contributed by atoms with Crippen molar-refractivity contribution in [1.82, 2.24) is 15.1 Å². The standard InChI is InChI=1S/C20H34N4O2S.HI/c1-3-21-20(24-9-4-17(14-24)16-26-12-11-25-2)22-7-10-23-8-5-19-18(15-23)6-13-27-19;/h6,13,17H,3-5,7-12,14-16H2,1-2H3,(H,21,22);1H. The van der Waals surface area contributed by atoms with Crippen molar-refractivity contribution in [1.29, 1.82) is 0 Å². The largest absolute Gasteiger partial charge is 0.382 e. The Labute approximate surface area is 190 Å². The number of thiophene rings is 1. The lowest BCUT2D eigenvalue weighted by Crippen LogP contribution is -2.41. The van der Waals surface area contributed by atoms with E-state index in [0.717, 1.165) is 58.4 Å². The van der Waals surface area contributed by atoms with Crippen LogP contribution < -0.4 is 5.32 Å². The molecule has 0 radical (unpaired) electrons. The fraction of sp³-hybridized carbons (Fsp3) is 0.750. The normalized spacial score (nSPS) is 20.1. The fourth-order valence-electron chi connectivity index (χ4n) is 3.77. The Morgan fingerprint density at radius 2 is 2.25 bits per heavy atom. The highest BCUT2D eigenvalue weighted by molar-refractivity contribution is 14.0. The Hall–Kier alpha value is -0.420. The molecule has 1 aromatic rings. The van der Waals surface area contributed by atoms with E-state index in [1.165, 1.54) is 18.4 Å². The number of likely N-dealkylation sites (tertiary alicyclic amines) is 1. The summed E-state index contributed by atoms with van der Waals surface area (Å²) in [6.07, 6.45) is 2.36. The van der Waals surface area contributed by atoms with E-state index < -0.39 is 0 Å². The number of nitrogens with one attached hydrogen (secondary N) is 1. The van der Waals surface area contributed by atoms with Crippen molar-refractivity contribution in [2.24, 2.45) is 10.9 Å². The zero-order valence-corrected chi connectivity index (χ0v) is 20.3. The molecule has 1 unspecified atom stereocenters. The molecule has 0 aliphatic carbocycles. The molecule has 2 aliphatic rings. The van der Waals surface area contributed by atoms with Gasteiger partial charge < -0.3 is 19.7 Å². The highest BCUT2D eigenvalue weighted by atomic mass is 127. The number of ether oxygens (including phenoxy) is 2. The van der Waals surface area contributed by atoms with Gasteiger partial charge in [-0.1, -0.05) is 0 Å². The molecule has 6 nitrogen and oxygen atoms in total. The Balaban J connectivity index is 0.00000280. The smallest absolute Gasteiger partial charge is 0.193 e. The number of rotatable bonds is 9. The number of nitrogens with zero attached hydrogens (tertiary/aromatic N) is 3. The number of guanidine groups is 1. The third-order valence-corrected chi connectivity index (χ3v) is 6.29. The van der Waals surface area contributed by atoms with Crippen LogP contribution in [0, 0.1) is 5.92 Å². The highest BCUT2D eigenvalue weighted by Gasteiger charge is 2.25. The molecule has 0 amide bonds. The van der Waals surface area contributed by atoms with Gasteiger partial charge in [0.2, 0.25) is 0 Å². The van der Waals surface area contributed by atoms with E-state index in [0.29, 0.717) is 19.1 Å². The molecular weight excluding hydrogens is 487 g/mol. The summed E-state index contributed by atoms with van der Waals surface area (Å²) in [7, 11) is 1.71. The molecule has 1 aromatic heterocycles. The van der Waals surface area contributed by atoms with Crippen molar-refractivity contribution in [2.45, 2.75) is 26.3 Å². The summed E-state index contributed by atoms with van der Waals surface area (Å²) in [6.45, 7) is 11.4. The molecule has 3 heterocycles. The zero-order chi connectivity index (χ0) is 18.9. The maximum atomic E-state index is 5.71. The van der Waals surface area contributed by atoms with Gasteiger partial charge in [0.1, 0.15) is 0 Å². The maximum Gasteiger partial charge on any atom is 0.193 e. The number of halogens is 1. The van der Waals surface area contributed by atoms with Crippen molar-refractivity contribution in [3.63, 3.8) is 0 Å². The van der Waals surface area contributed by atoms with E-state index in [4.69, 9.17) is 14.5 Å².